The minimum atomic E-state index is -1.07. The lowest BCUT2D eigenvalue weighted by atomic mass is 9.87. The Morgan fingerprint density at radius 2 is 2.16 bits per heavy atom. The summed E-state index contributed by atoms with van der Waals surface area (Å²) in [4.78, 5) is 26.4. The normalized spacial score (nSPS) is 12.8. The van der Waals surface area contributed by atoms with Gasteiger partial charge >= 0.3 is 12.0 Å². The summed E-state index contributed by atoms with van der Waals surface area (Å²) in [7, 11) is 0. The largest absolute Gasteiger partial charge is 0.480 e. The van der Waals surface area contributed by atoms with E-state index >= 15 is 0 Å². The molecule has 0 saturated heterocycles. The summed E-state index contributed by atoms with van der Waals surface area (Å²) >= 11 is 0. The molecule has 0 aliphatic heterocycles. The molecular formula is C11H18N4O4. The maximum absolute atomic E-state index is 11.6. The van der Waals surface area contributed by atoms with E-state index in [1.807, 2.05) is 0 Å². The van der Waals surface area contributed by atoms with Crippen molar-refractivity contribution in [3.05, 3.63) is 12.2 Å². The minimum Gasteiger partial charge on any atom is -0.480 e. The number of carboxylic acid groups (broad SMARTS) is 1. The number of carbonyl (C=O) groups excluding carboxylic acids is 1. The van der Waals surface area contributed by atoms with E-state index in [0.29, 0.717) is 18.8 Å². The lowest BCUT2D eigenvalue weighted by Gasteiger charge is -2.27. The van der Waals surface area contributed by atoms with E-state index in [2.05, 4.69) is 25.3 Å². The minimum absolute atomic E-state index is 0.294. The predicted molar refractivity (Wildman–Crippen MR) is 65.4 cm³/mol. The van der Waals surface area contributed by atoms with Crippen molar-refractivity contribution >= 4 is 12.0 Å². The number of amides is 2. The van der Waals surface area contributed by atoms with Crippen LogP contribution in [-0.4, -0.2) is 39.8 Å². The van der Waals surface area contributed by atoms with Gasteiger partial charge in [0.2, 0.25) is 6.39 Å². The van der Waals surface area contributed by atoms with Crippen LogP contribution in [0, 0.1) is 5.41 Å². The number of rotatable bonds is 5. The number of aliphatic carboxylic acids is 1. The summed E-state index contributed by atoms with van der Waals surface area (Å²) in [6, 6.07) is -1.50. The molecule has 0 aliphatic carbocycles. The van der Waals surface area contributed by atoms with Gasteiger partial charge in [-0.25, -0.2) is 9.59 Å². The van der Waals surface area contributed by atoms with Gasteiger partial charge in [-0.15, -0.1) is 0 Å². The molecule has 2 amide bonds. The first kappa shape index (κ1) is 14.9. The molecule has 1 heterocycles. The Morgan fingerprint density at radius 1 is 1.47 bits per heavy atom. The quantitative estimate of drug-likeness (QED) is 0.713. The molecule has 1 atom stereocenters. The van der Waals surface area contributed by atoms with Crippen LogP contribution < -0.4 is 10.6 Å². The van der Waals surface area contributed by atoms with Gasteiger partial charge in [-0.2, -0.15) is 4.98 Å². The first-order valence-corrected chi connectivity index (χ1v) is 5.83. The van der Waals surface area contributed by atoms with E-state index in [1.54, 1.807) is 20.8 Å². The van der Waals surface area contributed by atoms with E-state index in [-0.39, 0.29) is 0 Å². The molecule has 0 fully saturated rings. The van der Waals surface area contributed by atoms with Gasteiger partial charge in [-0.3, -0.25) is 0 Å². The number of hydrogen-bond acceptors (Lipinski definition) is 5. The van der Waals surface area contributed by atoms with Crippen LogP contribution in [0.15, 0.2) is 10.9 Å². The lowest BCUT2D eigenvalue weighted by molar-refractivity contribution is -0.141. The maximum Gasteiger partial charge on any atom is 0.326 e. The highest BCUT2D eigenvalue weighted by molar-refractivity contribution is 5.83. The number of hydrogen-bond donors (Lipinski definition) is 3. The number of nitrogens with zero attached hydrogens (tertiary/aromatic N) is 2. The average Bonchev–Trinajstić information content (AvgIpc) is 2.77. The highest BCUT2D eigenvalue weighted by Gasteiger charge is 2.32. The van der Waals surface area contributed by atoms with Crippen molar-refractivity contribution < 1.29 is 19.2 Å². The van der Waals surface area contributed by atoms with Crippen molar-refractivity contribution in [2.45, 2.75) is 33.2 Å². The zero-order valence-corrected chi connectivity index (χ0v) is 11.1. The Kier molecular flexibility index (Phi) is 4.85. The van der Waals surface area contributed by atoms with Crippen molar-refractivity contribution in [1.82, 2.24) is 20.8 Å². The average molecular weight is 270 g/mol. The number of nitrogens with one attached hydrogen (secondary N) is 2. The van der Waals surface area contributed by atoms with Gasteiger partial charge < -0.3 is 20.3 Å². The van der Waals surface area contributed by atoms with Crippen LogP contribution in [0.2, 0.25) is 0 Å². The fraction of sp³-hybridized carbons (Fsp3) is 0.636. The molecule has 0 unspecified atom stereocenters. The van der Waals surface area contributed by atoms with Crippen molar-refractivity contribution in [3.8, 4) is 0 Å². The van der Waals surface area contributed by atoms with Gasteiger partial charge in [0.15, 0.2) is 5.82 Å². The van der Waals surface area contributed by atoms with Gasteiger partial charge in [0.1, 0.15) is 6.04 Å². The van der Waals surface area contributed by atoms with E-state index in [4.69, 9.17) is 5.11 Å². The first-order valence-electron chi connectivity index (χ1n) is 5.83. The van der Waals surface area contributed by atoms with Crippen LogP contribution in [0.4, 0.5) is 4.79 Å². The van der Waals surface area contributed by atoms with Gasteiger partial charge in [-0.05, 0) is 5.41 Å². The number of urea groups is 1. The highest BCUT2D eigenvalue weighted by atomic mass is 16.5. The van der Waals surface area contributed by atoms with Crippen LogP contribution in [0.25, 0.3) is 0 Å². The predicted octanol–water partition coefficient (Wildman–Crippen LogP) is 0.411. The monoisotopic (exact) mass is 270 g/mol. The summed E-state index contributed by atoms with van der Waals surface area (Å²) in [5, 5.41) is 17.6. The molecule has 0 aromatic carbocycles. The van der Waals surface area contributed by atoms with E-state index < -0.39 is 23.5 Å². The van der Waals surface area contributed by atoms with Gasteiger partial charge in [0.25, 0.3) is 0 Å². The van der Waals surface area contributed by atoms with E-state index in [1.165, 1.54) is 6.39 Å². The molecule has 0 radical (unpaired) electrons. The van der Waals surface area contributed by atoms with Crippen LogP contribution in [0.3, 0.4) is 0 Å². The molecule has 0 aliphatic rings. The van der Waals surface area contributed by atoms with Gasteiger partial charge in [-0.1, -0.05) is 25.9 Å². The molecular weight excluding hydrogens is 252 g/mol. The second-order valence-corrected chi connectivity index (χ2v) is 5.13. The van der Waals surface area contributed by atoms with Crippen LogP contribution in [-0.2, 0) is 11.2 Å². The van der Waals surface area contributed by atoms with Crippen molar-refractivity contribution in [2.24, 2.45) is 5.41 Å². The molecule has 19 heavy (non-hydrogen) atoms. The van der Waals surface area contributed by atoms with Crippen molar-refractivity contribution in [3.63, 3.8) is 0 Å². The first-order chi connectivity index (χ1) is 8.80. The topological polar surface area (TPSA) is 117 Å². The fourth-order valence-corrected chi connectivity index (χ4v) is 1.42. The zero-order chi connectivity index (χ0) is 14.5. The van der Waals surface area contributed by atoms with E-state index in [0.717, 1.165) is 0 Å². The van der Waals surface area contributed by atoms with Crippen LogP contribution >= 0.6 is 0 Å². The van der Waals surface area contributed by atoms with E-state index in [9.17, 15) is 9.59 Å². The van der Waals surface area contributed by atoms with Crippen molar-refractivity contribution in [1.29, 1.82) is 0 Å². The highest BCUT2D eigenvalue weighted by Crippen LogP contribution is 2.19. The fourth-order valence-electron chi connectivity index (χ4n) is 1.42. The molecule has 1 rings (SSSR count). The van der Waals surface area contributed by atoms with Gasteiger partial charge in [0, 0.05) is 13.0 Å². The third kappa shape index (κ3) is 4.94. The summed E-state index contributed by atoms with van der Waals surface area (Å²) in [6.07, 6.45) is 1.62. The summed E-state index contributed by atoms with van der Waals surface area (Å²) in [6.45, 7) is 5.52. The summed E-state index contributed by atoms with van der Waals surface area (Å²) < 4.78 is 4.55. The van der Waals surface area contributed by atoms with Crippen LogP contribution in [0.5, 0.6) is 0 Å². The SMILES string of the molecule is CC(C)(C)[C@@H](NC(=O)NCCc1ncon1)C(=O)O. The molecule has 3 N–H and O–H groups in total. The zero-order valence-electron chi connectivity index (χ0n) is 11.1. The second-order valence-electron chi connectivity index (χ2n) is 5.13. The molecule has 8 heteroatoms. The van der Waals surface area contributed by atoms with Crippen molar-refractivity contribution in [2.75, 3.05) is 6.54 Å². The summed E-state index contributed by atoms with van der Waals surface area (Å²) in [5.41, 5.74) is -0.573. The number of carbonyl (C=O) groups is 2. The van der Waals surface area contributed by atoms with Gasteiger partial charge in [0.05, 0.1) is 0 Å². The smallest absolute Gasteiger partial charge is 0.326 e. The molecule has 8 nitrogen and oxygen atoms in total. The third-order valence-electron chi connectivity index (χ3n) is 2.43. The molecule has 1 aromatic heterocycles. The Labute approximate surface area is 110 Å². The molecule has 106 valence electrons. The number of carboxylic acids is 1. The molecule has 1 aromatic rings. The standard InChI is InChI=1S/C11H18N4O4/c1-11(2,3)8(9(16)17)14-10(18)12-5-4-7-13-6-19-15-7/h6,8H,4-5H2,1-3H3,(H,16,17)(H2,12,14,18)/t8-/m0/s1. The summed E-state index contributed by atoms with van der Waals surface area (Å²) in [5.74, 6) is -0.591. The molecule has 0 bridgehead atoms. The Bertz CT molecular complexity index is 424. The Balaban J connectivity index is 2.39. The molecule has 0 saturated carbocycles. The third-order valence-corrected chi connectivity index (χ3v) is 2.43. The molecule has 0 spiro atoms. The second kappa shape index (κ2) is 6.17. The van der Waals surface area contributed by atoms with Crippen LogP contribution in [0.1, 0.15) is 26.6 Å². The Hall–Kier alpha value is -2.12. The Morgan fingerprint density at radius 3 is 2.63 bits per heavy atom. The maximum atomic E-state index is 11.6. The lowest BCUT2D eigenvalue weighted by Crippen LogP contribution is -2.52. The number of aromatic nitrogens is 2.